The molecule has 0 atom stereocenters. The van der Waals surface area contributed by atoms with E-state index in [1.54, 1.807) is 7.11 Å². The van der Waals surface area contributed by atoms with Crippen LogP contribution >= 0.6 is 0 Å². The molecule has 0 unspecified atom stereocenters. The summed E-state index contributed by atoms with van der Waals surface area (Å²) in [5.41, 5.74) is 2.87. The smallest absolute Gasteiger partial charge is 0.340 e. The van der Waals surface area contributed by atoms with Crippen molar-refractivity contribution in [2.24, 2.45) is 0 Å². The second kappa shape index (κ2) is 8.20. The maximum Gasteiger partial charge on any atom is 0.340 e. The van der Waals surface area contributed by atoms with Crippen molar-refractivity contribution in [2.75, 3.05) is 21.0 Å². The number of esters is 1. The summed E-state index contributed by atoms with van der Waals surface area (Å²) in [4.78, 5) is 26.4. The van der Waals surface area contributed by atoms with E-state index >= 15 is 0 Å². The van der Waals surface area contributed by atoms with Crippen LogP contribution in [-0.2, 0) is 29.0 Å². The molecule has 1 aliphatic rings. The van der Waals surface area contributed by atoms with Crippen LogP contribution in [0.2, 0.25) is 0 Å². The van der Waals surface area contributed by atoms with Gasteiger partial charge in [0.05, 0.1) is 31.8 Å². The Kier molecular flexibility index (Phi) is 5.46. The first-order valence-corrected chi connectivity index (χ1v) is 9.63. The highest BCUT2D eigenvalue weighted by atomic mass is 16.5. The van der Waals surface area contributed by atoms with Gasteiger partial charge in [-0.05, 0) is 30.7 Å². The molecule has 3 aromatic rings. The highest BCUT2D eigenvalue weighted by molar-refractivity contribution is 5.87. The number of para-hydroxylation sites is 1. The van der Waals surface area contributed by atoms with Gasteiger partial charge in [-0.2, -0.15) is 0 Å². The second-order valence-electron chi connectivity index (χ2n) is 7.24. The number of carbonyl (C=O) groups is 1. The average molecular weight is 409 g/mol. The molecule has 0 saturated carbocycles. The van der Waals surface area contributed by atoms with Gasteiger partial charge in [0.25, 0.3) is 0 Å². The van der Waals surface area contributed by atoms with E-state index in [1.807, 2.05) is 43.3 Å². The Bertz CT molecular complexity index is 1170. The van der Waals surface area contributed by atoms with Gasteiger partial charge in [0.1, 0.15) is 23.8 Å². The molecule has 0 radical (unpaired) electrons. The number of nitrogens with zero attached hydrogens (tertiary/aromatic N) is 1. The molecule has 0 fully saturated rings. The minimum atomic E-state index is -0.527. The summed E-state index contributed by atoms with van der Waals surface area (Å²) in [5.74, 6) is 1.03. The number of rotatable bonds is 5. The van der Waals surface area contributed by atoms with Gasteiger partial charge in [-0.15, -0.1) is 0 Å². The molecule has 0 spiro atoms. The number of hydrogen-bond donors (Lipinski definition) is 0. The highest BCUT2D eigenvalue weighted by Crippen LogP contribution is 2.34. The van der Waals surface area contributed by atoms with Crippen molar-refractivity contribution in [1.29, 1.82) is 0 Å². The zero-order valence-corrected chi connectivity index (χ0v) is 17.2. The Morgan fingerprint density at radius 3 is 2.73 bits per heavy atom. The topological polar surface area (TPSA) is 78.2 Å². The minimum Gasteiger partial charge on any atom is -0.496 e. The summed E-state index contributed by atoms with van der Waals surface area (Å²) >= 11 is 0. The van der Waals surface area contributed by atoms with Crippen LogP contribution in [0.15, 0.2) is 45.6 Å². The van der Waals surface area contributed by atoms with Gasteiger partial charge in [-0.25, -0.2) is 4.79 Å². The van der Waals surface area contributed by atoms with Crippen molar-refractivity contribution in [2.45, 2.75) is 26.4 Å². The molecule has 156 valence electrons. The summed E-state index contributed by atoms with van der Waals surface area (Å²) < 4.78 is 21.7. The Morgan fingerprint density at radius 2 is 1.97 bits per heavy atom. The summed E-state index contributed by atoms with van der Waals surface area (Å²) in [6, 6.07) is 11.6. The van der Waals surface area contributed by atoms with Crippen LogP contribution in [0, 0.1) is 6.92 Å². The van der Waals surface area contributed by atoms with Gasteiger partial charge in [-0.3, -0.25) is 9.69 Å². The van der Waals surface area contributed by atoms with Crippen LogP contribution in [0.25, 0.3) is 11.0 Å². The van der Waals surface area contributed by atoms with E-state index in [9.17, 15) is 9.59 Å². The molecule has 0 N–H and O–H groups in total. The molecule has 4 rings (SSSR count). The first-order chi connectivity index (χ1) is 14.5. The molecule has 7 heteroatoms. The maximum absolute atomic E-state index is 12.6. The number of carbonyl (C=O) groups excluding carboxylic acids is 1. The van der Waals surface area contributed by atoms with Crippen molar-refractivity contribution in [3.63, 3.8) is 0 Å². The number of fused-ring (bicyclic) bond motifs is 3. The standard InChI is InChI=1S/C23H23NO6/c1-14-16-8-9-20-18(22(16)30-23(26)17(14)10-21(25)28-3)12-24(13-29-20)11-15-6-4-5-7-19(15)27-2/h4-9H,10-13H2,1-3H3. The van der Waals surface area contributed by atoms with Crippen LogP contribution in [0.1, 0.15) is 22.3 Å². The Morgan fingerprint density at radius 1 is 1.17 bits per heavy atom. The molecule has 1 aliphatic heterocycles. The lowest BCUT2D eigenvalue weighted by Crippen LogP contribution is -2.32. The van der Waals surface area contributed by atoms with Gasteiger partial charge >= 0.3 is 11.6 Å². The molecular formula is C23H23NO6. The molecule has 30 heavy (non-hydrogen) atoms. The van der Waals surface area contributed by atoms with E-state index in [-0.39, 0.29) is 6.42 Å². The van der Waals surface area contributed by atoms with Gasteiger partial charge < -0.3 is 18.6 Å². The number of ether oxygens (including phenoxy) is 3. The van der Waals surface area contributed by atoms with Crippen molar-refractivity contribution in [3.8, 4) is 11.5 Å². The van der Waals surface area contributed by atoms with Crippen molar-refractivity contribution < 1.29 is 23.4 Å². The van der Waals surface area contributed by atoms with Gasteiger partial charge in [-0.1, -0.05) is 18.2 Å². The predicted molar refractivity (Wildman–Crippen MR) is 111 cm³/mol. The number of aryl methyl sites for hydroxylation is 1. The fourth-order valence-electron chi connectivity index (χ4n) is 3.80. The molecule has 2 aromatic carbocycles. The number of benzene rings is 2. The Labute approximate surface area is 173 Å². The van der Waals surface area contributed by atoms with Gasteiger partial charge in [0, 0.05) is 24.0 Å². The lowest BCUT2D eigenvalue weighted by atomic mass is 10.00. The predicted octanol–water partition coefficient (Wildman–Crippen LogP) is 3.18. The lowest BCUT2D eigenvalue weighted by molar-refractivity contribution is -0.139. The zero-order chi connectivity index (χ0) is 21.3. The van der Waals surface area contributed by atoms with Crippen LogP contribution in [0.4, 0.5) is 0 Å². The molecule has 0 aliphatic carbocycles. The fraction of sp³-hybridized carbons (Fsp3) is 0.304. The molecule has 1 aromatic heterocycles. The molecule has 0 amide bonds. The summed E-state index contributed by atoms with van der Waals surface area (Å²) in [5, 5.41) is 0.787. The van der Waals surface area contributed by atoms with Crippen molar-refractivity contribution in [1.82, 2.24) is 4.90 Å². The SMILES string of the molecule is COC(=O)Cc1c(C)c2ccc3c(c2oc1=O)CN(Cc1ccccc1OC)CO3. The Hall–Kier alpha value is -3.32. The quantitative estimate of drug-likeness (QED) is 0.473. The van der Waals surface area contributed by atoms with E-state index in [2.05, 4.69) is 4.90 Å². The van der Waals surface area contributed by atoms with Gasteiger partial charge in [0.2, 0.25) is 0 Å². The van der Waals surface area contributed by atoms with E-state index < -0.39 is 11.6 Å². The third-order valence-corrected chi connectivity index (χ3v) is 5.43. The molecule has 2 heterocycles. The van der Waals surface area contributed by atoms with E-state index in [0.717, 1.165) is 27.8 Å². The first kappa shape index (κ1) is 20.0. The monoisotopic (exact) mass is 409 g/mol. The van der Waals surface area contributed by atoms with Crippen LogP contribution in [0.3, 0.4) is 0 Å². The van der Waals surface area contributed by atoms with Gasteiger partial charge in [0.15, 0.2) is 0 Å². The third-order valence-electron chi connectivity index (χ3n) is 5.43. The lowest BCUT2D eigenvalue weighted by Gasteiger charge is -2.29. The summed E-state index contributed by atoms with van der Waals surface area (Å²) in [7, 11) is 2.95. The number of hydrogen-bond acceptors (Lipinski definition) is 7. The van der Waals surface area contributed by atoms with E-state index in [0.29, 0.717) is 36.7 Å². The van der Waals surface area contributed by atoms with E-state index in [1.165, 1.54) is 7.11 Å². The minimum absolute atomic E-state index is 0.117. The maximum atomic E-state index is 12.6. The summed E-state index contributed by atoms with van der Waals surface area (Å²) in [6.45, 7) is 3.42. The highest BCUT2D eigenvalue weighted by Gasteiger charge is 2.24. The Balaban J connectivity index is 1.71. The largest absolute Gasteiger partial charge is 0.496 e. The van der Waals surface area contributed by atoms with Crippen LogP contribution < -0.4 is 15.1 Å². The molecule has 0 saturated heterocycles. The fourth-order valence-corrected chi connectivity index (χ4v) is 3.80. The number of methoxy groups -OCH3 is 2. The van der Waals surface area contributed by atoms with Crippen LogP contribution in [0.5, 0.6) is 11.5 Å². The molecule has 7 nitrogen and oxygen atoms in total. The van der Waals surface area contributed by atoms with E-state index in [4.69, 9.17) is 18.6 Å². The normalized spacial score (nSPS) is 13.6. The summed E-state index contributed by atoms with van der Waals surface area (Å²) in [6.07, 6.45) is -0.117. The van der Waals surface area contributed by atoms with Crippen molar-refractivity contribution in [3.05, 3.63) is 69.1 Å². The van der Waals surface area contributed by atoms with Crippen molar-refractivity contribution >= 4 is 16.9 Å². The second-order valence-corrected chi connectivity index (χ2v) is 7.24. The average Bonchev–Trinajstić information content (AvgIpc) is 2.76. The first-order valence-electron chi connectivity index (χ1n) is 9.63. The molecule has 0 bridgehead atoms. The molecular weight excluding hydrogens is 386 g/mol. The third kappa shape index (κ3) is 3.64. The van der Waals surface area contributed by atoms with Crippen LogP contribution in [-0.4, -0.2) is 31.8 Å². The zero-order valence-electron chi connectivity index (χ0n) is 17.2.